The van der Waals surface area contributed by atoms with Crippen LogP contribution in [0.15, 0.2) is 163 Å². The minimum absolute atomic E-state index is 0.427. The van der Waals surface area contributed by atoms with E-state index in [9.17, 15) is 0 Å². The predicted octanol–water partition coefficient (Wildman–Crippen LogP) is 8.74. The normalized spacial score (nSPS) is 23.1. The largest absolute Gasteiger partial charge is 0.341 e. The van der Waals surface area contributed by atoms with Crippen molar-refractivity contribution in [3.05, 3.63) is 168 Å². The summed E-state index contributed by atoms with van der Waals surface area (Å²) in [6.07, 6.45) is 24.7. The molecule has 1 aliphatic heterocycles. The molecule has 45 heavy (non-hydrogen) atoms. The second-order valence-electron chi connectivity index (χ2n) is 13.1. The van der Waals surface area contributed by atoms with Crippen LogP contribution in [0.1, 0.15) is 50.5 Å². The highest BCUT2D eigenvalue weighted by atomic mass is 28.3. The van der Waals surface area contributed by atoms with Crippen molar-refractivity contribution in [2.45, 2.75) is 51.0 Å². The summed E-state index contributed by atoms with van der Waals surface area (Å²) in [6, 6.07) is 40.0. The third-order valence-electron chi connectivity index (χ3n) is 10.6. The number of anilines is 1. The van der Waals surface area contributed by atoms with Crippen molar-refractivity contribution in [3.8, 4) is 11.1 Å². The van der Waals surface area contributed by atoms with Crippen molar-refractivity contribution in [2.24, 2.45) is 5.92 Å². The molecular weight excluding hydrogens is 559 g/mol. The third kappa shape index (κ3) is 4.75. The van der Waals surface area contributed by atoms with Gasteiger partial charge in [0.2, 0.25) is 0 Å². The summed E-state index contributed by atoms with van der Waals surface area (Å²) in [5, 5.41) is 6.04. The zero-order valence-electron chi connectivity index (χ0n) is 26.1. The molecule has 0 fully saturated rings. The molecule has 222 valence electrons. The Balaban J connectivity index is 1.35. The van der Waals surface area contributed by atoms with E-state index in [4.69, 9.17) is 0 Å². The van der Waals surface area contributed by atoms with Gasteiger partial charge < -0.3 is 4.90 Å². The summed E-state index contributed by atoms with van der Waals surface area (Å²) < 4.78 is 0. The molecule has 3 aliphatic carbocycles. The van der Waals surface area contributed by atoms with Crippen molar-refractivity contribution in [1.29, 1.82) is 0 Å². The molecule has 0 bridgehead atoms. The van der Waals surface area contributed by atoms with Gasteiger partial charge >= 0.3 is 0 Å². The van der Waals surface area contributed by atoms with Crippen LogP contribution in [0.25, 0.3) is 11.1 Å². The van der Waals surface area contributed by atoms with Crippen LogP contribution < -0.4 is 20.5 Å². The van der Waals surface area contributed by atoms with Gasteiger partial charge in [0, 0.05) is 23.3 Å². The maximum atomic E-state index is 2.73. The number of benzene rings is 4. The molecule has 8 rings (SSSR count). The van der Waals surface area contributed by atoms with Gasteiger partial charge in [0.25, 0.3) is 0 Å². The molecule has 4 atom stereocenters. The van der Waals surface area contributed by atoms with E-state index in [-0.39, 0.29) is 0 Å². The van der Waals surface area contributed by atoms with Crippen LogP contribution in [0.5, 0.6) is 0 Å². The van der Waals surface area contributed by atoms with Gasteiger partial charge in [0.1, 0.15) is 0 Å². The van der Waals surface area contributed by atoms with Crippen molar-refractivity contribution in [2.75, 3.05) is 4.90 Å². The number of nitrogens with zero attached hydrogens (tertiary/aromatic N) is 1. The lowest BCUT2D eigenvalue weighted by Crippen LogP contribution is -2.68. The molecule has 0 radical (unpaired) electrons. The highest BCUT2D eigenvalue weighted by molar-refractivity contribution is 7.16. The van der Waals surface area contributed by atoms with Crippen LogP contribution in [-0.2, 0) is 0 Å². The Labute approximate surface area is 269 Å². The third-order valence-corrected chi connectivity index (χ3v) is 15.6. The summed E-state index contributed by atoms with van der Waals surface area (Å²) in [4.78, 5) is 2.73. The monoisotopic (exact) mass is 599 g/mol. The van der Waals surface area contributed by atoms with E-state index < -0.39 is 8.07 Å². The fourth-order valence-corrected chi connectivity index (χ4v) is 13.5. The lowest BCUT2D eigenvalue weighted by molar-refractivity contribution is 0.522. The summed E-state index contributed by atoms with van der Waals surface area (Å²) in [5.74, 6) is 0.961. The second kappa shape index (κ2) is 11.8. The van der Waals surface area contributed by atoms with Crippen molar-refractivity contribution in [1.82, 2.24) is 0 Å². The van der Waals surface area contributed by atoms with Gasteiger partial charge in [-0.3, -0.25) is 0 Å². The molecule has 1 heterocycles. The number of rotatable bonds is 6. The van der Waals surface area contributed by atoms with Gasteiger partial charge in [0.15, 0.2) is 8.07 Å². The Morgan fingerprint density at radius 1 is 0.667 bits per heavy atom. The van der Waals surface area contributed by atoms with Gasteiger partial charge in [-0.25, -0.2) is 0 Å². The number of hydrogen-bond acceptors (Lipinski definition) is 1. The van der Waals surface area contributed by atoms with E-state index >= 15 is 0 Å². The Morgan fingerprint density at radius 2 is 1.38 bits per heavy atom. The minimum Gasteiger partial charge on any atom is -0.341 e. The Morgan fingerprint density at radius 3 is 2.13 bits per heavy atom. The van der Waals surface area contributed by atoms with Crippen LogP contribution >= 0.6 is 0 Å². The highest BCUT2D eigenvalue weighted by Crippen LogP contribution is 2.49. The molecule has 0 aromatic heterocycles. The number of hydrogen-bond donors (Lipinski definition) is 0. The van der Waals surface area contributed by atoms with E-state index in [2.05, 4.69) is 164 Å². The molecule has 4 aromatic rings. The van der Waals surface area contributed by atoms with Crippen LogP contribution in [-0.4, -0.2) is 14.1 Å². The first kappa shape index (κ1) is 28.1. The van der Waals surface area contributed by atoms with Gasteiger partial charge in [-0.2, -0.15) is 0 Å². The number of allylic oxidation sites excluding steroid dienone is 9. The second-order valence-corrected chi connectivity index (χ2v) is 17.0. The van der Waals surface area contributed by atoms with Gasteiger partial charge in [-0.1, -0.05) is 152 Å². The van der Waals surface area contributed by atoms with Gasteiger partial charge in [0.05, 0.1) is 0 Å². The molecule has 2 heteroatoms. The van der Waals surface area contributed by atoms with Crippen LogP contribution in [0, 0.1) is 5.92 Å². The van der Waals surface area contributed by atoms with E-state index in [1.807, 2.05) is 0 Å². The fraction of sp³-hybridized carbons (Fsp3) is 0.209. The molecule has 4 aliphatic rings. The van der Waals surface area contributed by atoms with E-state index in [0.717, 1.165) is 25.7 Å². The number of fused-ring (bicyclic) bond motifs is 3. The summed E-state index contributed by atoms with van der Waals surface area (Å²) in [6.45, 7) is 2.39. The first-order valence-electron chi connectivity index (χ1n) is 16.8. The zero-order chi connectivity index (χ0) is 30.2. The van der Waals surface area contributed by atoms with Crippen LogP contribution in [0.3, 0.4) is 0 Å². The summed E-state index contributed by atoms with van der Waals surface area (Å²) in [5.41, 5.74) is 6.96. The maximum Gasteiger partial charge on any atom is 0.175 e. The summed E-state index contributed by atoms with van der Waals surface area (Å²) >= 11 is 0. The fourth-order valence-electron chi connectivity index (χ4n) is 8.46. The predicted molar refractivity (Wildman–Crippen MR) is 194 cm³/mol. The smallest absolute Gasteiger partial charge is 0.175 e. The minimum atomic E-state index is -2.58. The van der Waals surface area contributed by atoms with Crippen molar-refractivity contribution >= 4 is 29.3 Å². The maximum absolute atomic E-state index is 2.73. The SMILES string of the molecule is CC1CC=CC=C1N1c2ccc([Si](C3=CC=CCC3)(c3ccccc3)c3ccc(-c4ccccc4)cc3)cc2C2C=CCCC21. The Kier molecular flexibility index (Phi) is 7.39. The average molecular weight is 600 g/mol. The molecule has 0 spiro atoms. The van der Waals surface area contributed by atoms with E-state index in [1.165, 1.54) is 50.1 Å². The van der Waals surface area contributed by atoms with Gasteiger partial charge in [-0.05, 0) is 82.4 Å². The van der Waals surface area contributed by atoms with Crippen molar-refractivity contribution < 1.29 is 0 Å². The quantitative estimate of drug-likeness (QED) is 0.122. The lowest BCUT2D eigenvalue weighted by Gasteiger charge is -2.38. The molecule has 1 nitrogen and oxygen atoms in total. The molecule has 0 amide bonds. The first-order chi connectivity index (χ1) is 22.2. The molecule has 0 saturated heterocycles. The molecule has 0 saturated carbocycles. The molecular formula is C43H41NSi. The van der Waals surface area contributed by atoms with Crippen molar-refractivity contribution in [3.63, 3.8) is 0 Å². The van der Waals surface area contributed by atoms with E-state index in [0.29, 0.717) is 17.9 Å². The summed E-state index contributed by atoms with van der Waals surface area (Å²) in [7, 11) is -2.58. The lowest BCUT2D eigenvalue weighted by atomic mass is 9.87. The molecule has 0 N–H and O–H groups in total. The zero-order valence-corrected chi connectivity index (χ0v) is 27.1. The highest BCUT2D eigenvalue weighted by Gasteiger charge is 2.46. The molecule has 4 aromatic carbocycles. The Bertz CT molecular complexity index is 1840. The average Bonchev–Trinajstić information content (AvgIpc) is 3.44. The van der Waals surface area contributed by atoms with Gasteiger partial charge in [-0.15, -0.1) is 0 Å². The first-order valence-corrected chi connectivity index (χ1v) is 18.8. The van der Waals surface area contributed by atoms with Crippen LogP contribution in [0.4, 0.5) is 5.69 Å². The van der Waals surface area contributed by atoms with Crippen LogP contribution in [0.2, 0.25) is 0 Å². The Hall–Kier alpha value is -4.40. The topological polar surface area (TPSA) is 3.24 Å². The standard InChI is InChI=1S/C43H41NSi/c1-32-15-11-13-23-41(32)44-42-24-14-12-22-39(42)40-31-38(29-30-43(40)44)45(35-18-7-3-8-19-35,36-20-9-4-10-21-36)37-27-25-34(26-28-37)33-16-5-2-6-17-33/h2-9,11-13,16-20,22-23,25-32,39,42H,10,14-15,21,24H2,1H3. The van der Waals surface area contributed by atoms with E-state index in [1.54, 1.807) is 5.20 Å². The molecule has 4 unspecified atom stereocenters.